The Kier molecular flexibility index (Phi) is 10.2. The Morgan fingerprint density at radius 1 is 0.369 bits per heavy atom. The van der Waals surface area contributed by atoms with E-state index >= 15 is 0 Å². The van der Waals surface area contributed by atoms with Gasteiger partial charge in [0.1, 0.15) is 0 Å². The molecule has 0 aliphatic heterocycles. The summed E-state index contributed by atoms with van der Waals surface area (Å²) in [6, 6.07) is 54.5. The molecule has 0 radical (unpaired) electrons. The minimum atomic E-state index is -4.68. The lowest BCUT2D eigenvalue weighted by molar-refractivity contribution is -0.138. The number of para-hydroxylation sites is 1. The van der Waals surface area contributed by atoms with E-state index in [0.717, 1.165) is 68.4 Å². The minimum Gasteiger partial charge on any atom is -0.308 e. The fourth-order valence-corrected chi connectivity index (χ4v) is 8.79. The van der Waals surface area contributed by atoms with E-state index in [1.165, 1.54) is 12.1 Å². The van der Waals surface area contributed by atoms with Crippen LogP contribution in [0.1, 0.15) is 22.3 Å². The van der Waals surface area contributed by atoms with Gasteiger partial charge in [0.2, 0.25) is 0 Å². The highest BCUT2D eigenvalue weighted by Gasteiger charge is 2.33. The number of hydrogen-bond acceptors (Lipinski definition) is 2. The van der Waals surface area contributed by atoms with Crippen LogP contribution in [0.15, 0.2) is 188 Å². The molecule has 318 valence electrons. The highest BCUT2D eigenvalue weighted by atomic mass is 19.4. The normalized spacial score (nSPS) is 12.0. The number of aromatic nitrogens is 3. The number of hydrogen-bond donors (Lipinski definition) is 0. The predicted octanol–water partition coefficient (Wildman–Crippen LogP) is 16.2. The zero-order chi connectivity index (χ0) is 45.0. The Labute approximate surface area is 371 Å². The van der Waals surface area contributed by atoms with Crippen molar-refractivity contribution in [2.45, 2.75) is 26.2 Å². The van der Waals surface area contributed by atoms with Crippen molar-refractivity contribution < 1.29 is 26.3 Å². The molecule has 0 fully saturated rings. The first-order valence-corrected chi connectivity index (χ1v) is 20.9. The molecule has 0 aliphatic rings. The number of alkyl halides is 6. The van der Waals surface area contributed by atoms with Crippen molar-refractivity contribution in [3.05, 3.63) is 210 Å². The zero-order valence-corrected chi connectivity index (χ0v) is 35.0. The summed E-state index contributed by atoms with van der Waals surface area (Å²) in [6.45, 7) is 4.09. The third-order valence-corrected chi connectivity index (χ3v) is 11.7. The van der Waals surface area contributed by atoms with Crippen LogP contribution in [-0.4, -0.2) is 14.5 Å². The van der Waals surface area contributed by atoms with E-state index < -0.39 is 23.5 Å². The van der Waals surface area contributed by atoms with Gasteiger partial charge in [0.05, 0.1) is 39.2 Å². The van der Waals surface area contributed by atoms with Crippen molar-refractivity contribution in [1.29, 1.82) is 0 Å². The van der Waals surface area contributed by atoms with Gasteiger partial charge < -0.3 is 4.57 Å². The lowest BCUT2D eigenvalue weighted by Crippen LogP contribution is -2.07. The summed E-state index contributed by atoms with van der Waals surface area (Å²) in [6.07, 6.45) is -9.37. The molecular formula is C56H37F6N3. The maximum absolute atomic E-state index is 14.6. The highest BCUT2D eigenvalue weighted by Crippen LogP contribution is 2.46. The van der Waals surface area contributed by atoms with Gasteiger partial charge in [-0.05, 0) is 96.8 Å². The van der Waals surface area contributed by atoms with E-state index in [9.17, 15) is 26.3 Å². The number of aryl methyl sites for hydroxylation is 2. The van der Waals surface area contributed by atoms with Crippen LogP contribution in [0.3, 0.4) is 0 Å². The number of halogens is 6. The molecule has 0 atom stereocenters. The highest BCUT2D eigenvalue weighted by molar-refractivity contribution is 6.12. The first-order chi connectivity index (χ1) is 31.3. The molecule has 65 heavy (non-hydrogen) atoms. The van der Waals surface area contributed by atoms with Crippen molar-refractivity contribution in [3.63, 3.8) is 0 Å². The molecule has 10 rings (SSSR count). The summed E-state index contributed by atoms with van der Waals surface area (Å²) in [4.78, 5) is 9.99. The quantitative estimate of drug-likeness (QED) is 0.149. The summed E-state index contributed by atoms with van der Waals surface area (Å²) >= 11 is 0. The molecule has 2 heterocycles. The summed E-state index contributed by atoms with van der Waals surface area (Å²) in [5.41, 5.74) is 8.41. The van der Waals surface area contributed by atoms with Crippen LogP contribution < -0.4 is 0 Å². The molecule has 10 aromatic rings. The average Bonchev–Trinajstić information content (AvgIpc) is 3.64. The molecule has 3 nitrogen and oxygen atoms in total. The fraction of sp³-hybridized carbons (Fsp3) is 0.0714. The van der Waals surface area contributed by atoms with E-state index in [4.69, 9.17) is 9.97 Å². The molecule has 0 saturated heterocycles. The van der Waals surface area contributed by atoms with E-state index in [1.807, 2.05) is 115 Å². The second kappa shape index (κ2) is 16.1. The van der Waals surface area contributed by atoms with Crippen molar-refractivity contribution >= 4 is 21.8 Å². The summed E-state index contributed by atoms with van der Waals surface area (Å²) in [7, 11) is 0. The predicted molar refractivity (Wildman–Crippen MR) is 248 cm³/mol. The van der Waals surface area contributed by atoms with Crippen LogP contribution in [0.25, 0.3) is 94.8 Å². The Bertz CT molecular complexity index is 3270. The van der Waals surface area contributed by atoms with Gasteiger partial charge in [0.25, 0.3) is 0 Å². The third-order valence-electron chi connectivity index (χ3n) is 11.7. The SMILES string of the molecule is Cc1cc(C)cc(-c2ccc3c(c2)c2ccccc2n3-c2c(-c3cccc(C(F)(F)F)c3)cc(-c3cc(-c4ccccc4)nc(-c4ccccc4)n3)cc2-c2cccc(C(F)(F)F)c2)c1. The molecule has 0 amide bonds. The van der Waals surface area contributed by atoms with Crippen molar-refractivity contribution in [2.75, 3.05) is 0 Å². The number of benzene rings is 8. The smallest absolute Gasteiger partial charge is 0.308 e. The van der Waals surface area contributed by atoms with Gasteiger partial charge in [-0.25, -0.2) is 9.97 Å². The first-order valence-electron chi connectivity index (χ1n) is 20.9. The van der Waals surface area contributed by atoms with Crippen LogP contribution in [0, 0.1) is 13.8 Å². The molecule has 9 heteroatoms. The topological polar surface area (TPSA) is 30.7 Å². The molecule has 8 aromatic carbocycles. The lowest BCUT2D eigenvalue weighted by atomic mass is 9.90. The number of fused-ring (bicyclic) bond motifs is 3. The molecule has 0 spiro atoms. The minimum absolute atomic E-state index is 0.211. The fourth-order valence-electron chi connectivity index (χ4n) is 8.79. The molecule has 0 N–H and O–H groups in total. The standard InChI is InChI=1S/C56H37F6N3/c1-34-25-35(2)27-41(26-34)38-23-24-52-48(30-38)45-21-9-10-22-51(45)65(52)53-46(39-17-11-19-43(28-39)55(57,58)59)31-42(32-47(53)40-18-12-20-44(29-40)56(60,61)62)50-33-49(36-13-5-3-6-14-36)63-54(64-50)37-15-7-4-8-16-37/h3-33H,1-2H3. The van der Waals surface area contributed by atoms with Crippen LogP contribution in [-0.2, 0) is 12.4 Å². The van der Waals surface area contributed by atoms with E-state index in [2.05, 4.69) is 24.3 Å². The van der Waals surface area contributed by atoms with Gasteiger partial charge in [0, 0.05) is 38.6 Å². The number of nitrogens with zero attached hydrogens (tertiary/aromatic N) is 3. The Balaban J connectivity index is 1.34. The third kappa shape index (κ3) is 7.95. The first kappa shape index (κ1) is 41.2. The monoisotopic (exact) mass is 865 g/mol. The molecule has 0 saturated carbocycles. The summed E-state index contributed by atoms with van der Waals surface area (Å²) in [5, 5.41) is 1.72. The average molecular weight is 866 g/mol. The summed E-state index contributed by atoms with van der Waals surface area (Å²) < 4.78 is 89.7. The Morgan fingerprint density at radius 2 is 0.877 bits per heavy atom. The van der Waals surface area contributed by atoms with E-state index in [0.29, 0.717) is 50.6 Å². The molecule has 0 aliphatic carbocycles. The molecule has 0 unspecified atom stereocenters. The van der Waals surface area contributed by atoms with Crippen LogP contribution >= 0.6 is 0 Å². The van der Waals surface area contributed by atoms with Gasteiger partial charge in [-0.3, -0.25) is 0 Å². The van der Waals surface area contributed by atoms with Gasteiger partial charge in [-0.2, -0.15) is 26.3 Å². The molecule has 2 aromatic heterocycles. The Hall–Kier alpha value is -7.78. The van der Waals surface area contributed by atoms with Gasteiger partial charge in [-0.1, -0.05) is 139 Å². The second-order valence-electron chi connectivity index (χ2n) is 16.2. The van der Waals surface area contributed by atoms with E-state index in [1.54, 1.807) is 30.3 Å². The maximum Gasteiger partial charge on any atom is 0.416 e. The zero-order valence-electron chi connectivity index (χ0n) is 35.0. The van der Waals surface area contributed by atoms with E-state index in [-0.39, 0.29) is 11.1 Å². The van der Waals surface area contributed by atoms with Crippen LogP contribution in [0.5, 0.6) is 0 Å². The maximum atomic E-state index is 14.6. The van der Waals surface area contributed by atoms with Gasteiger partial charge >= 0.3 is 12.4 Å². The van der Waals surface area contributed by atoms with Crippen LogP contribution in [0.2, 0.25) is 0 Å². The van der Waals surface area contributed by atoms with Gasteiger partial charge in [0.15, 0.2) is 5.82 Å². The summed E-state index contributed by atoms with van der Waals surface area (Å²) in [5.74, 6) is 0.397. The largest absolute Gasteiger partial charge is 0.416 e. The van der Waals surface area contributed by atoms with Crippen molar-refractivity contribution in [2.24, 2.45) is 0 Å². The van der Waals surface area contributed by atoms with Crippen molar-refractivity contribution in [1.82, 2.24) is 14.5 Å². The van der Waals surface area contributed by atoms with Crippen LogP contribution in [0.4, 0.5) is 26.3 Å². The molecular weight excluding hydrogens is 829 g/mol. The number of rotatable bonds is 7. The Morgan fingerprint density at radius 3 is 1.46 bits per heavy atom. The second-order valence-corrected chi connectivity index (χ2v) is 16.2. The van der Waals surface area contributed by atoms with Gasteiger partial charge in [-0.15, -0.1) is 0 Å². The molecule has 0 bridgehead atoms. The lowest BCUT2D eigenvalue weighted by Gasteiger charge is -2.22. The van der Waals surface area contributed by atoms with Crippen molar-refractivity contribution in [3.8, 4) is 73.0 Å².